The number of methoxy groups -OCH3 is 1. The first kappa shape index (κ1) is 8.84. The van der Waals surface area contributed by atoms with Gasteiger partial charge in [-0.3, -0.25) is 0 Å². The van der Waals surface area contributed by atoms with Gasteiger partial charge in [0.1, 0.15) is 11.6 Å². The fraction of sp³-hybridized carbons (Fsp3) is 0.333. The van der Waals surface area contributed by atoms with E-state index in [2.05, 4.69) is 5.32 Å². The van der Waals surface area contributed by atoms with Gasteiger partial charge in [0.2, 0.25) is 0 Å². The lowest BCUT2D eigenvalue weighted by Crippen LogP contribution is -1.99. The lowest BCUT2D eigenvalue weighted by Gasteiger charge is -2.08. The largest absolute Gasteiger partial charge is 0.494 e. The van der Waals surface area contributed by atoms with Crippen molar-refractivity contribution in [3.05, 3.63) is 24.0 Å². The van der Waals surface area contributed by atoms with Crippen molar-refractivity contribution in [2.24, 2.45) is 0 Å². The predicted octanol–water partition coefficient (Wildman–Crippen LogP) is 2.27. The first-order valence-electron chi connectivity index (χ1n) is 3.85. The third kappa shape index (κ3) is 1.87. The van der Waals surface area contributed by atoms with Gasteiger partial charge in [0, 0.05) is 12.6 Å². The summed E-state index contributed by atoms with van der Waals surface area (Å²) < 4.78 is 17.6. The number of ether oxygens (including phenoxy) is 1. The Balaban J connectivity index is 2.94. The van der Waals surface area contributed by atoms with Gasteiger partial charge in [-0.05, 0) is 19.1 Å². The van der Waals surface area contributed by atoms with E-state index in [4.69, 9.17) is 4.74 Å². The highest BCUT2D eigenvalue weighted by Crippen LogP contribution is 2.24. The van der Waals surface area contributed by atoms with Crippen LogP contribution < -0.4 is 10.1 Å². The Morgan fingerprint density at radius 1 is 1.50 bits per heavy atom. The molecule has 0 aliphatic carbocycles. The van der Waals surface area contributed by atoms with Gasteiger partial charge in [-0.25, -0.2) is 4.39 Å². The van der Waals surface area contributed by atoms with E-state index in [0.717, 1.165) is 12.2 Å². The summed E-state index contributed by atoms with van der Waals surface area (Å²) in [5.41, 5.74) is 0.821. The molecule has 0 saturated carbocycles. The highest BCUT2D eigenvalue weighted by atomic mass is 19.1. The molecule has 12 heavy (non-hydrogen) atoms. The summed E-state index contributed by atoms with van der Waals surface area (Å²) >= 11 is 0. The van der Waals surface area contributed by atoms with Crippen LogP contribution in [0.25, 0.3) is 0 Å². The molecule has 1 aromatic rings. The van der Waals surface area contributed by atoms with Gasteiger partial charge in [-0.2, -0.15) is 0 Å². The van der Waals surface area contributed by atoms with Crippen LogP contribution in [0.3, 0.4) is 0 Å². The van der Waals surface area contributed by atoms with Gasteiger partial charge in [0.25, 0.3) is 0 Å². The van der Waals surface area contributed by atoms with E-state index < -0.39 is 0 Å². The second kappa shape index (κ2) is 3.95. The molecule has 0 aliphatic heterocycles. The van der Waals surface area contributed by atoms with E-state index in [-0.39, 0.29) is 5.82 Å². The van der Waals surface area contributed by atoms with Crippen molar-refractivity contribution in [3.63, 3.8) is 0 Å². The first-order chi connectivity index (χ1) is 5.77. The first-order valence-corrected chi connectivity index (χ1v) is 3.85. The summed E-state index contributed by atoms with van der Waals surface area (Å²) in [5, 5.41) is 3.06. The molecule has 1 aromatic carbocycles. The maximum atomic E-state index is 12.7. The van der Waals surface area contributed by atoms with Crippen molar-refractivity contribution >= 4 is 5.69 Å². The van der Waals surface area contributed by atoms with Crippen LogP contribution in [-0.2, 0) is 0 Å². The molecule has 0 aliphatic rings. The molecule has 1 N–H and O–H groups in total. The summed E-state index contributed by atoms with van der Waals surface area (Å²) in [6, 6.07) is 4.43. The Hall–Kier alpha value is -1.25. The number of nitrogens with one attached hydrogen (secondary N) is 1. The lowest BCUT2D eigenvalue weighted by molar-refractivity contribution is 0.413. The fourth-order valence-electron chi connectivity index (χ4n) is 1.00. The molecular formula is C9H12FNO. The lowest BCUT2D eigenvalue weighted by atomic mass is 10.3. The minimum Gasteiger partial charge on any atom is -0.494 e. The van der Waals surface area contributed by atoms with E-state index in [1.54, 1.807) is 6.07 Å². The van der Waals surface area contributed by atoms with E-state index in [9.17, 15) is 4.39 Å². The van der Waals surface area contributed by atoms with Crippen LogP contribution in [0.5, 0.6) is 5.75 Å². The molecule has 0 spiro atoms. The Morgan fingerprint density at radius 3 is 2.83 bits per heavy atom. The van der Waals surface area contributed by atoms with Crippen molar-refractivity contribution in [1.29, 1.82) is 0 Å². The molecule has 0 bridgehead atoms. The average Bonchev–Trinajstić information content (AvgIpc) is 2.08. The van der Waals surface area contributed by atoms with Gasteiger partial charge in [-0.1, -0.05) is 0 Å². The molecule has 0 saturated heterocycles. The fourth-order valence-corrected chi connectivity index (χ4v) is 1.00. The molecule has 0 unspecified atom stereocenters. The second-order valence-corrected chi connectivity index (χ2v) is 2.37. The summed E-state index contributed by atoms with van der Waals surface area (Å²) in [6.07, 6.45) is 0. The summed E-state index contributed by atoms with van der Waals surface area (Å²) in [5.74, 6) is 0.255. The molecule has 2 nitrogen and oxygen atoms in total. The molecule has 3 heteroatoms. The molecule has 0 amide bonds. The third-order valence-corrected chi connectivity index (χ3v) is 1.53. The van der Waals surface area contributed by atoms with Gasteiger partial charge >= 0.3 is 0 Å². The molecule has 0 aromatic heterocycles. The van der Waals surface area contributed by atoms with E-state index in [0.29, 0.717) is 5.75 Å². The molecule has 0 atom stereocenters. The molecule has 0 radical (unpaired) electrons. The molecule has 1 rings (SSSR count). The molecule has 66 valence electrons. The van der Waals surface area contributed by atoms with E-state index in [1.807, 2.05) is 6.92 Å². The van der Waals surface area contributed by atoms with Crippen molar-refractivity contribution in [2.45, 2.75) is 6.92 Å². The smallest absolute Gasteiger partial charge is 0.144 e. The van der Waals surface area contributed by atoms with Crippen molar-refractivity contribution in [2.75, 3.05) is 19.0 Å². The van der Waals surface area contributed by atoms with E-state index in [1.165, 1.54) is 19.2 Å². The van der Waals surface area contributed by atoms with Crippen LogP contribution in [0.4, 0.5) is 10.1 Å². The normalized spacial score (nSPS) is 9.58. The maximum absolute atomic E-state index is 12.7. The van der Waals surface area contributed by atoms with Crippen LogP contribution in [0.2, 0.25) is 0 Å². The number of rotatable bonds is 3. The Morgan fingerprint density at radius 2 is 2.25 bits per heavy atom. The molecule has 0 heterocycles. The summed E-state index contributed by atoms with van der Waals surface area (Å²) in [6.45, 7) is 2.77. The molecular weight excluding hydrogens is 157 g/mol. The standard InChI is InChI=1S/C9H12FNO/c1-3-11-8-5-4-7(10)6-9(8)12-2/h4-6,11H,3H2,1-2H3. The maximum Gasteiger partial charge on any atom is 0.144 e. The highest BCUT2D eigenvalue weighted by Gasteiger charge is 2.01. The highest BCUT2D eigenvalue weighted by molar-refractivity contribution is 5.56. The van der Waals surface area contributed by atoms with Crippen molar-refractivity contribution < 1.29 is 9.13 Å². The quantitative estimate of drug-likeness (QED) is 0.749. The average molecular weight is 169 g/mol. The zero-order chi connectivity index (χ0) is 8.97. The number of anilines is 1. The van der Waals surface area contributed by atoms with Crippen LogP contribution in [0, 0.1) is 5.82 Å². The van der Waals surface area contributed by atoms with Gasteiger partial charge in [0.05, 0.1) is 12.8 Å². The summed E-state index contributed by atoms with van der Waals surface area (Å²) in [4.78, 5) is 0. The van der Waals surface area contributed by atoms with Crippen molar-refractivity contribution in [3.8, 4) is 5.75 Å². The minimum atomic E-state index is -0.284. The number of benzene rings is 1. The third-order valence-electron chi connectivity index (χ3n) is 1.53. The van der Waals surface area contributed by atoms with Gasteiger partial charge in [-0.15, -0.1) is 0 Å². The SMILES string of the molecule is CCNc1ccc(F)cc1OC. The zero-order valence-corrected chi connectivity index (χ0v) is 7.23. The van der Waals surface area contributed by atoms with Crippen LogP contribution >= 0.6 is 0 Å². The summed E-state index contributed by atoms with van der Waals surface area (Å²) in [7, 11) is 1.52. The van der Waals surface area contributed by atoms with Gasteiger partial charge < -0.3 is 10.1 Å². The number of hydrogen-bond donors (Lipinski definition) is 1. The Labute approximate surface area is 71.4 Å². The van der Waals surface area contributed by atoms with Crippen LogP contribution in [0.15, 0.2) is 18.2 Å². The predicted molar refractivity (Wildman–Crippen MR) is 47.1 cm³/mol. The molecule has 0 fully saturated rings. The number of hydrogen-bond acceptors (Lipinski definition) is 2. The minimum absolute atomic E-state index is 0.284. The Bertz CT molecular complexity index is 263. The number of halogens is 1. The zero-order valence-electron chi connectivity index (χ0n) is 7.23. The van der Waals surface area contributed by atoms with Crippen LogP contribution in [-0.4, -0.2) is 13.7 Å². The van der Waals surface area contributed by atoms with Crippen LogP contribution in [0.1, 0.15) is 6.92 Å². The monoisotopic (exact) mass is 169 g/mol. The Kier molecular flexibility index (Phi) is 2.91. The van der Waals surface area contributed by atoms with E-state index >= 15 is 0 Å². The van der Waals surface area contributed by atoms with Crippen molar-refractivity contribution in [1.82, 2.24) is 0 Å². The topological polar surface area (TPSA) is 21.3 Å². The second-order valence-electron chi connectivity index (χ2n) is 2.37. The van der Waals surface area contributed by atoms with Gasteiger partial charge in [0.15, 0.2) is 0 Å².